The SMILES string of the molecule is Cc1ccc(C=NN=C2NC(=O)CS2)cc1[N+](=O)[O-]. The lowest BCUT2D eigenvalue weighted by Crippen LogP contribution is -2.19. The molecule has 0 saturated carbocycles. The summed E-state index contributed by atoms with van der Waals surface area (Å²) in [6.45, 7) is 1.67. The van der Waals surface area contributed by atoms with Crippen molar-refractivity contribution in [2.24, 2.45) is 10.2 Å². The Balaban J connectivity index is 2.13. The van der Waals surface area contributed by atoms with Gasteiger partial charge in [-0.1, -0.05) is 23.9 Å². The molecule has 0 bridgehead atoms. The largest absolute Gasteiger partial charge is 0.303 e. The van der Waals surface area contributed by atoms with Gasteiger partial charge in [0.1, 0.15) is 0 Å². The van der Waals surface area contributed by atoms with Crippen molar-refractivity contribution in [2.45, 2.75) is 6.92 Å². The summed E-state index contributed by atoms with van der Waals surface area (Å²) in [5.74, 6) is 0.231. The number of carbonyl (C=O) groups is 1. The van der Waals surface area contributed by atoms with Crippen LogP contribution in [0.2, 0.25) is 0 Å². The van der Waals surface area contributed by atoms with Crippen LogP contribution in [-0.2, 0) is 4.79 Å². The van der Waals surface area contributed by atoms with E-state index >= 15 is 0 Å². The minimum atomic E-state index is -0.439. The minimum Gasteiger partial charge on any atom is -0.303 e. The Hall–Kier alpha value is -2.22. The number of benzene rings is 1. The Morgan fingerprint density at radius 2 is 2.32 bits per heavy atom. The molecule has 0 spiro atoms. The molecule has 1 aromatic carbocycles. The highest BCUT2D eigenvalue weighted by Gasteiger charge is 2.16. The number of thioether (sulfide) groups is 1. The van der Waals surface area contributed by atoms with E-state index in [4.69, 9.17) is 0 Å². The standard InChI is InChI=1S/C11H10N4O3S/c1-7-2-3-8(4-9(7)15(17)18)5-12-14-11-13-10(16)6-19-11/h2-5H,6H2,1H3,(H,13,14,16). The molecule has 0 unspecified atom stereocenters. The maximum atomic E-state index is 10.9. The quantitative estimate of drug-likeness (QED) is 0.514. The fourth-order valence-corrected chi connectivity index (χ4v) is 2.06. The summed E-state index contributed by atoms with van der Waals surface area (Å²) in [6.07, 6.45) is 1.41. The molecule has 7 nitrogen and oxygen atoms in total. The summed E-state index contributed by atoms with van der Waals surface area (Å²) in [5, 5.41) is 21.3. The molecule has 8 heteroatoms. The zero-order valence-electron chi connectivity index (χ0n) is 9.99. The number of hydrogen-bond acceptors (Lipinski definition) is 6. The Morgan fingerprint density at radius 3 is 2.95 bits per heavy atom. The first kappa shape index (κ1) is 13.2. The van der Waals surface area contributed by atoms with Crippen LogP contribution in [0.1, 0.15) is 11.1 Å². The summed E-state index contributed by atoms with van der Waals surface area (Å²) < 4.78 is 0. The molecule has 1 aliphatic heterocycles. The zero-order valence-corrected chi connectivity index (χ0v) is 10.8. The number of nitro groups is 1. The average molecular weight is 278 g/mol. The van der Waals surface area contributed by atoms with Crippen molar-refractivity contribution in [2.75, 3.05) is 5.75 Å². The van der Waals surface area contributed by atoms with E-state index in [2.05, 4.69) is 15.5 Å². The van der Waals surface area contributed by atoms with E-state index in [1.165, 1.54) is 24.0 Å². The number of aryl methyl sites for hydroxylation is 1. The van der Waals surface area contributed by atoms with Crippen LogP contribution in [0.5, 0.6) is 0 Å². The minimum absolute atomic E-state index is 0.0418. The molecular weight excluding hydrogens is 268 g/mol. The van der Waals surface area contributed by atoms with Crippen LogP contribution >= 0.6 is 11.8 Å². The second kappa shape index (κ2) is 5.61. The normalized spacial score (nSPS) is 17.1. The van der Waals surface area contributed by atoms with E-state index < -0.39 is 4.92 Å². The number of amidine groups is 1. The van der Waals surface area contributed by atoms with Gasteiger partial charge in [0, 0.05) is 17.2 Å². The van der Waals surface area contributed by atoms with E-state index in [0.29, 0.717) is 22.0 Å². The van der Waals surface area contributed by atoms with Gasteiger partial charge in [0.15, 0.2) is 5.17 Å². The molecule has 0 aliphatic carbocycles. The van der Waals surface area contributed by atoms with Crippen molar-refractivity contribution in [1.29, 1.82) is 0 Å². The van der Waals surface area contributed by atoms with Crippen molar-refractivity contribution >= 4 is 34.7 Å². The van der Waals surface area contributed by atoms with Crippen molar-refractivity contribution < 1.29 is 9.72 Å². The molecule has 0 radical (unpaired) electrons. The monoisotopic (exact) mass is 278 g/mol. The third-order valence-electron chi connectivity index (χ3n) is 2.37. The highest BCUT2D eigenvalue weighted by atomic mass is 32.2. The number of hydrogen-bond donors (Lipinski definition) is 1. The Labute approximate surface area is 112 Å². The van der Waals surface area contributed by atoms with Gasteiger partial charge in [0.05, 0.1) is 16.9 Å². The summed E-state index contributed by atoms with van der Waals surface area (Å²) in [7, 11) is 0. The van der Waals surface area contributed by atoms with Crippen LogP contribution in [0.3, 0.4) is 0 Å². The molecule has 0 aromatic heterocycles. The van der Waals surface area contributed by atoms with Crippen molar-refractivity contribution in [3.05, 3.63) is 39.4 Å². The number of nitrogens with one attached hydrogen (secondary N) is 1. The molecular formula is C11H10N4O3S. The molecule has 98 valence electrons. The molecule has 1 aromatic rings. The number of nitro benzene ring substituents is 1. The Kier molecular flexibility index (Phi) is 3.91. The van der Waals surface area contributed by atoms with Crippen LogP contribution in [0.4, 0.5) is 5.69 Å². The highest BCUT2D eigenvalue weighted by molar-refractivity contribution is 8.15. The van der Waals surface area contributed by atoms with Crippen LogP contribution in [-0.4, -0.2) is 28.0 Å². The molecule has 1 N–H and O–H groups in total. The van der Waals surface area contributed by atoms with Gasteiger partial charge in [-0.25, -0.2) is 0 Å². The fourth-order valence-electron chi connectivity index (χ4n) is 1.43. The van der Waals surface area contributed by atoms with Gasteiger partial charge in [-0.15, -0.1) is 5.10 Å². The number of carbonyl (C=O) groups excluding carboxylic acids is 1. The lowest BCUT2D eigenvalue weighted by molar-refractivity contribution is -0.385. The van der Waals surface area contributed by atoms with E-state index in [9.17, 15) is 14.9 Å². The third kappa shape index (κ3) is 3.38. The average Bonchev–Trinajstić information content (AvgIpc) is 2.77. The van der Waals surface area contributed by atoms with Crippen molar-refractivity contribution in [1.82, 2.24) is 5.32 Å². The summed E-state index contributed by atoms with van der Waals surface area (Å²) in [5.41, 5.74) is 1.21. The number of nitrogens with zero attached hydrogens (tertiary/aromatic N) is 3. The highest BCUT2D eigenvalue weighted by Crippen LogP contribution is 2.18. The molecule has 0 atom stereocenters. The maximum absolute atomic E-state index is 10.9. The van der Waals surface area contributed by atoms with Crippen LogP contribution in [0, 0.1) is 17.0 Å². The smallest absolute Gasteiger partial charge is 0.272 e. The lowest BCUT2D eigenvalue weighted by Gasteiger charge is -1.97. The summed E-state index contributed by atoms with van der Waals surface area (Å²) in [6, 6.07) is 4.80. The molecule has 19 heavy (non-hydrogen) atoms. The first-order chi connectivity index (χ1) is 9.06. The summed E-state index contributed by atoms with van der Waals surface area (Å²) >= 11 is 1.26. The molecule has 1 heterocycles. The van der Waals surface area contributed by atoms with Gasteiger partial charge in [0.2, 0.25) is 5.91 Å². The summed E-state index contributed by atoms with van der Waals surface area (Å²) in [4.78, 5) is 21.2. The van der Waals surface area contributed by atoms with E-state index in [1.54, 1.807) is 19.1 Å². The molecule has 1 saturated heterocycles. The van der Waals surface area contributed by atoms with Crippen LogP contribution in [0.15, 0.2) is 28.4 Å². The van der Waals surface area contributed by atoms with Crippen LogP contribution in [0.25, 0.3) is 0 Å². The first-order valence-electron chi connectivity index (χ1n) is 5.35. The van der Waals surface area contributed by atoms with Crippen molar-refractivity contribution in [3.63, 3.8) is 0 Å². The number of amides is 1. The van der Waals surface area contributed by atoms with Crippen molar-refractivity contribution in [3.8, 4) is 0 Å². The van der Waals surface area contributed by atoms with E-state index in [-0.39, 0.29) is 11.6 Å². The molecule has 1 aliphatic rings. The molecule has 1 amide bonds. The van der Waals surface area contributed by atoms with Gasteiger partial charge in [0.25, 0.3) is 5.69 Å². The Bertz CT molecular complexity index is 598. The van der Waals surface area contributed by atoms with Gasteiger partial charge >= 0.3 is 0 Å². The predicted octanol–water partition coefficient (Wildman–Crippen LogP) is 1.46. The van der Waals surface area contributed by atoms with Gasteiger partial charge in [-0.2, -0.15) is 5.10 Å². The fraction of sp³-hybridized carbons (Fsp3) is 0.182. The number of rotatable bonds is 3. The van der Waals surface area contributed by atoms with E-state index in [1.807, 2.05) is 0 Å². The van der Waals surface area contributed by atoms with Gasteiger partial charge in [-0.05, 0) is 6.92 Å². The topological polar surface area (TPSA) is 97.0 Å². The maximum Gasteiger partial charge on any atom is 0.272 e. The first-order valence-corrected chi connectivity index (χ1v) is 6.33. The zero-order chi connectivity index (χ0) is 13.8. The predicted molar refractivity (Wildman–Crippen MR) is 73.5 cm³/mol. The third-order valence-corrected chi connectivity index (χ3v) is 3.24. The van der Waals surface area contributed by atoms with Crippen LogP contribution < -0.4 is 5.32 Å². The lowest BCUT2D eigenvalue weighted by atomic mass is 10.1. The van der Waals surface area contributed by atoms with Gasteiger partial charge < -0.3 is 5.32 Å². The van der Waals surface area contributed by atoms with E-state index in [0.717, 1.165) is 0 Å². The molecule has 2 rings (SSSR count). The second-order valence-corrected chi connectivity index (χ2v) is 4.75. The second-order valence-electron chi connectivity index (χ2n) is 3.79. The van der Waals surface area contributed by atoms with Gasteiger partial charge in [-0.3, -0.25) is 14.9 Å². The molecule has 1 fully saturated rings. The Morgan fingerprint density at radius 1 is 1.53 bits per heavy atom.